The fourth-order valence-electron chi connectivity index (χ4n) is 4.41. The molecule has 0 radical (unpaired) electrons. The number of pyridine rings is 1. The normalized spacial score (nSPS) is 20.4. The fourth-order valence-corrected chi connectivity index (χ4v) is 5.65. The second kappa shape index (κ2) is 8.77. The molecule has 8 heteroatoms. The summed E-state index contributed by atoms with van der Waals surface area (Å²) in [5, 5.41) is 11.0. The lowest BCUT2D eigenvalue weighted by Crippen LogP contribution is -2.38. The number of nitrogens with zero attached hydrogens (tertiary/aromatic N) is 1. The summed E-state index contributed by atoms with van der Waals surface area (Å²) in [4.78, 5) is 17.4. The number of aliphatic hydroxyl groups excluding tert-OH is 1. The summed E-state index contributed by atoms with van der Waals surface area (Å²) in [7, 11) is -3.76. The number of benzene rings is 2. The molecule has 182 valence electrons. The van der Waals surface area contributed by atoms with Crippen LogP contribution in [0.4, 0.5) is 0 Å². The van der Waals surface area contributed by atoms with Gasteiger partial charge in [0.2, 0.25) is 10.0 Å². The number of carbonyl (C=O) groups is 1. The van der Waals surface area contributed by atoms with Gasteiger partial charge in [-0.2, -0.15) is 0 Å². The summed E-state index contributed by atoms with van der Waals surface area (Å²) >= 11 is 0. The van der Waals surface area contributed by atoms with Crippen LogP contribution in [0, 0.1) is 12.8 Å². The Morgan fingerprint density at radius 2 is 1.97 bits per heavy atom. The van der Waals surface area contributed by atoms with Crippen LogP contribution in [0.3, 0.4) is 0 Å². The monoisotopic (exact) mass is 492 g/mol. The smallest absolute Gasteiger partial charge is 0.265 e. The van der Waals surface area contributed by atoms with E-state index in [1.54, 1.807) is 31.3 Å². The second-order valence-electron chi connectivity index (χ2n) is 9.73. The highest BCUT2D eigenvalue weighted by Crippen LogP contribution is 2.43. The fraction of sp³-hybridized carbons (Fsp3) is 0.333. The summed E-state index contributed by atoms with van der Waals surface area (Å²) in [6, 6.07) is 16.4. The Morgan fingerprint density at radius 1 is 1.17 bits per heavy atom. The maximum absolute atomic E-state index is 13.0. The first-order valence-electron chi connectivity index (χ1n) is 11.7. The SMILES string of the molecule is Cc1ccc(C(=O)NS(=O)(=O)C2(C)CC2)c(-c2ccc3c(c2)OC[C@H](Cc2ccccn2)[C@H]3O)c1. The molecule has 0 bridgehead atoms. The first kappa shape index (κ1) is 23.5. The van der Waals surface area contributed by atoms with E-state index in [9.17, 15) is 18.3 Å². The summed E-state index contributed by atoms with van der Waals surface area (Å²) in [5.74, 6) is -0.224. The predicted molar refractivity (Wildman–Crippen MR) is 133 cm³/mol. The van der Waals surface area contributed by atoms with E-state index in [0.717, 1.165) is 11.3 Å². The number of amides is 1. The predicted octanol–water partition coefficient (Wildman–Crippen LogP) is 3.95. The van der Waals surface area contributed by atoms with Crippen molar-refractivity contribution < 1.29 is 23.1 Å². The third-order valence-corrected chi connectivity index (χ3v) is 9.15. The van der Waals surface area contributed by atoms with Crippen molar-refractivity contribution in [2.24, 2.45) is 5.92 Å². The molecule has 2 N–H and O–H groups in total. The molecular formula is C27H28N2O5S. The van der Waals surface area contributed by atoms with E-state index in [2.05, 4.69) is 9.71 Å². The topological polar surface area (TPSA) is 106 Å². The molecule has 0 unspecified atom stereocenters. The Labute approximate surface area is 205 Å². The molecule has 0 spiro atoms. The van der Waals surface area contributed by atoms with E-state index in [0.29, 0.717) is 48.3 Å². The van der Waals surface area contributed by atoms with Crippen LogP contribution in [0.15, 0.2) is 60.8 Å². The molecule has 1 aromatic heterocycles. The molecule has 7 nitrogen and oxygen atoms in total. The maximum atomic E-state index is 13.0. The Kier molecular flexibility index (Phi) is 5.89. The Hall–Kier alpha value is -3.23. The van der Waals surface area contributed by atoms with Crippen LogP contribution in [-0.4, -0.2) is 35.8 Å². The number of rotatable bonds is 6. The standard InChI is InChI=1S/C27H28N2O5S/c1-17-6-8-21(26(31)29-35(32,33)27(2)10-11-27)23(13-17)18-7-9-22-24(15-18)34-16-19(25(22)30)14-20-5-3-4-12-28-20/h3-9,12-13,15,19,25,30H,10-11,14,16H2,1-2H3,(H,29,31)/t19-,25+/m0/s1. The quantitative estimate of drug-likeness (QED) is 0.540. The van der Waals surface area contributed by atoms with Gasteiger partial charge in [0.25, 0.3) is 5.91 Å². The number of nitrogens with one attached hydrogen (secondary N) is 1. The maximum Gasteiger partial charge on any atom is 0.265 e. The molecule has 1 amide bonds. The van der Waals surface area contributed by atoms with Crippen LogP contribution in [0.1, 0.15) is 53.0 Å². The van der Waals surface area contributed by atoms with Gasteiger partial charge >= 0.3 is 0 Å². The zero-order valence-corrected chi connectivity index (χ0v) is 20.5. The summed E-state index contributed by atoms with van der Waals surface area (Å²) < 4.78 is 32.6. The number of sulfonamides is 1. The molecule has 2 atom stereocenters. The molecule has 5 rings (SSSR count). The second-order valence-corrected chi connectivity index (χ2v) is 11.9. The van der Waals surface area contributed by atoms with Crippen LogP contribution in [-0.2, 0) is 16.4 Å². The van der Waals surface area contributed by atoms with Gasteiger partial charge in [-0.3, -0.25) is 9.78 Å². The first-order valence-corrected chi connectivity index (χ1v) is 13.2. The van der Waals surface area contributed by atoms with E-state index in [4.69, 9.17) is 4.74 Å². The van der Waals surface area contributed by atoms with Gasteiger partial charge in [-0.05, 0) is 68.5 Å². The van der Waals surface area contributed by atoms with Gasteiger partial charge in [0, 0.05) is 28.9 Å². The average Bonchev–Trinajstić information content (AvgIpc) is 3.60. The van der Waals surface area contributed by atoms with Crippen molar-refractivity contribution >= 4 is 15.9 Å². The van der Waals surface area contributed by atoms with E-state index in [-0.39, 0.29) is 11.5 Å². The first-order chi connectivity index (χ1) is 16.7. The van der Waals surface area contributed by atoms with Gasteiger partial charge < -0.3 is 9.84 Å². The molecule has 2 heterocycles. The third-order valence-electron chi connectivity index (χ3n) is 6.99. The van der Waals surface area contributed by atoms with Crippen LogP contribution < -0.4 is 9.46 Å². The minimum absolute atomic E-state index is 0.127. The van der Waals surface area contributed by atoms with E-state index in [1.807, 2.05) is 43.3 Å². The van der Waals surface area contributed by atoms with Crippen LogP contribution in [0.2, 0.25) is 0 Å². The van der Waals surface area contributed by atoms with Gasteiger partial charge in [0.1, 0.15) is 5.75 Å². The van der Waals surface area contributed by atoms with E-state index < -0.39 is 26.8 Å². The van der Waals surface area contributed by atoms with Crippen LogP contribution >= 0.6 is 0 Å². The van der Waals surface area contributed by atoms with Crippen molar-refractivity contribution in [3.8, 4) is 16.9 Å². The Bertz CT molecular complexity index is 1380. The zero-order chi connectivity index (χ0) is 24.8. The van der Waals surface area contributed by atoms with E-state index in [1.165, 1.54) is 0 Å². The largest absolute Gasteiger partial charge is 0.493 e. The molecule has 2 aromatic carbocycles. The molecule has 1 aliphatic carbocycles. The molecule has 0 saturated heterocycles. The number of hydrogen-bond donors (Lipinski definition) is 2. The Balaban J connectivity index is 1.43. The van der Waals surface area contributed by atoms with E-state index >= 15 is 0 Å². The van der Waals surface area contributed by atoms with Crippen molar-refractivity contribution in [2.45, 2.75) is 44.0 Å². The third kappa shape index (κ3) is 4.56. The highest BCUT2D eigenvalue weighted by Gasteiger charge is 2.51. The van der Waals surface area contributed by atoms with Crippen molar-refractivity contribution in [1.29, 1.82) is 0 Å². The van der Waals surface area contributed by atoms with Crippen molar-refractivity contribution in [3.63, 3.8) is 0 Å². The van der Waals surface area contributed by atoms with Gasteiger partial charge in [-0.1, -0.05) is 35.9 Å². The number of hydrogen-bond acceptors (Lipinski definition) is 6. The molecule has 1 fully saturated rings. The zero-order valence-electron chi connectivity index (χ0n) is 19.7. The van der Waals surface area contributed by atoms with Gasteiger partial charge in [-0.25, -0.2) is 13.1 Å². The van der Waals surface area contributed by atoms with Gasteiger partial charge in [0.05, 0.1) is 17.5 Å². The highest BCUT2D eigenvalue weighted by molar-refractivity contribution is 7.91. The minimum Gasteiger partial charge on any atom is -0.493 e. The van der Waals surface area contributed by atoms with Crippen molar-refractivity contribution in [2.75, 3.05) is 6.61 Å². The molecule has 1 saturated carbocycles. The number of aryl methyl sites for hydroxylation is 1. The number of aliphatic hydroxyl groups is 1. The van der Waals surface area contributed by atoms with Crippen molar-refractivity contribution in [1.82, 2.24) is 9.71 Å². The summed E-state index contributed by atoms with van der Waals surface area (Å²) in [5.41, 5.74) is 4.10. The Morgan fingerprint density at radius 3 is 2.69 bits per heavy atom. The molecular weight excluding hydrogens is 464 g/mol. The van der Waals surface area contributed by atoms with Gasteiger partial charge in [-0.15, -0.1) is 0 Å². The minimum atomic E-state index is -3.76. The molecule has 35 heavy (non-hydrogen) atoms. The lowest BCUT2D eigenvalue weighted by molar-refractivity contribution is 0.0503. The number of fused-ring (bicyclic) bond motifs is 1. The summed E-state index contributed by atoms with van der Waals surface area (Å²) in [6.07, 6.45) is 2.71. The molecule has 2 aliphatic rings. The lowest BCUT2D eigenvalue weighted by Gasteiger charge is -2.30. The van der Waals surface area contributed by atoms with Gasteiger partial charge in [0.15, 0.2) is 0 Å². The molecule has 3 aromatic rings. The number of aromatic nitrogens is 1. The number of ether oxygens (including phenoxy) is 1. The number of carbonyl (C=O) groups excluding carboxylic acids is 1. The lowest BCUT2D eigenvalue weighted by atomic mass is 9.88. The average molecular weight is 493 g/mol. The summed E-state index contributed by atoms with van der Waals surface area (Å²) in [6.45, 7) is 3.89. The highest BCUT2D eigenvalue weighted by atomic mass is 32.2. The van der Waals surface area contributed by atoms with Crippen molar-refractivity contribution in [3.05, 3.63) is 83.2 Å². The molecule has 1 aliphatic heterocycles. The van der Waals surface area contributed by atoms with Crippen LogP contribution in [0.25, 0.3) is 11.1 Å². The van der Waals surface area contributed by atoms with Crippen LogP contribution in [0.5, 0.6) is 5.75 Å².